The van der Waals surface area contributed by atoms with E-state index >= 15 is 0 Å². The van der Waals surface area contributed by atoms with Crippen LogP contribution in [0.25, 0.3) is 21.5 Å². The van der Waals surface area contributed by atoms with Crippen LogP contribution in [0.5, 0.6) is 0 Å². The highest BCUT2D eigenvalue weighted by Crippen LogP contribution is 2.71. The highest BCUT2D eigenvalue weighted by Gasteiger charge is 2.68. The molecule has 4 heteroatoms. The lowest BCUT2D eigenvalue weighted by Gasteiger charge is -2.54. The van der Waals surface area contributed by atoms with Crippen molar-refractivity contribution >= 4 is 21.5 Å². The smallest absolute Gasteiger partial charge is 0.0974 e. The summed E-state index contributed by atoms with van der Waals surface area (Å²) in [4.78, 5) is 0. The molecule has 4 aliphatic heterocycles. The maximum Gasteiger partial charge on any atom is 0.0974 e. The summed E-state index contributed by atoms with van der Waals surface area (Å²) < 4.78 is 14.4. The summed E-state index contributed by atoms with van der Waals surface area (Å²) in [5.41, 5.74) is 8.71. The van der Waals surface area contributed by atoms with E-state index in [2.05, 4.69) is 123 Å². The van der Waals surface area contributed by atoms with E-state index in [9.17, 15) is 10.2 Å². The first kappa shape index (κ1) is 38.6. The number of fused-ring (bicyclic) bond motifs is 4. The standard InChI is InChI=1S/2C29H32O2/c2*1-27-13-12-23-17-22-8-9-24(30)18-28(22)14-15-29(23,31-28)26(27)11-10-25(27)21-7-6-19-4-2-3-5-20(19)16-21/h2*2-7,12,16-17,24-26,30H,8-11,13-15,18H2,1H3/t24-,25+,26+,27+,28+,29+;24-,25-,26-,27-,28?,29-/m01/s1. The van der Waals surface area contributed by atoms with Crippen LogP contribution in [-0.4, -0.2) is 44.8 Å². The number of ether oxygens (including phenoxy) is 2. The van der Waals surface area contributed by atoms with Gasteiger partial charge >= 0.3 is 0 Å². The van der Waals surface area contributed by atoms with E-state index in [1.54, 1.807) is 0 Å². The van der Waals surface area contributed by atoms with Gasteiger partial charge < -0.3 is 19.7 Å². The summed E-state index contributed by atoms with van der Waals surface area (Å²) in [5.74, 6) is 2.29. The van der Waals surface area contributed by atoms with E-state index in [4.69, 9.17) is 9.47 Å². The number of hydrogen-bond acceptors (Lipinski definition) is 4. The molecule has 10 aliphatic rings. The monoisotopic (exact) mass is 824 g/mol. The molecule has 2 saturated heterocycles. The van der Waals surface area contributed by atoms with Gasteiger partial charge in [-0.3, -0.25) is 0 Å². The van der Waals surface area contributed by atoms with Gasteiger partial charge in [-0.15, -0.1) is 0 Å². The minimum Gasteiger partial charge on any atom is -0.393 e. The van der Waals surface area contributed by atoms with E-state index in [1.165, 1.54) is 80.6 Å². The fourth-order valence-corrected chi connectivity index (χ4v) is 16.7. The Labute approximate surface area is 368 Å². The van der Waals surface area contributed by atoms with Crippen LogP contribution in [-0.2, 0) is 9.47 Å². The molecule has 320 valence electrons. The Morgan fingerprint density at radius 2 is 0.935 bits per heavy atom. The molecule has 4 aromatic rings. The Kier molecular flexibility index (Phi) is 8.34. The highest BCUT2D eigenvalue weighted by molar-refractivity contribution is 5.84. The van der Waals surface area contributed by atoms with Gasteiger partial charge in [0.15, 0.2) is 0 Å². The Bertz CT molecular complexity index is 2470. The number of aliphatic hydroxyl groups excluding tert-OH is 2. The summed E-state index contributed by atoms with van der Waals surface area (Å²) in [6.07, 6.45) is 26.7. The van der Waals surface area contributed by atoms with E-state index in [1.807, 2.05) is 0 Å². The molecule has 0 amide bonds. The van der Waals surface area contributed by atoms with Crippen LogP contribution in [0.3, 0.4) is 0 Å². The summed E-state index contributed by atoms with van der Waals surface area (Å²) in [7, 11) is 0. The number of hydrogen-bond donors (Lipinski definition) is 2. The lowest BCUT2D eigenvalue weighted by molar-refractivity contribution is -0.144. The van der Waals surface area contributed by atoms with Crippen molar-refractivity contribution in [2.24, 2.45) is 22.7 Å². The van der Waals surface area contributed by atoms with Crippen LogP contribution in [0, 0.1) is 22.7 Å². The highest BCUT2D eigenvalue weighted by atomic mass is 16.5. The van der Waals surface area contributed by atoms with Crippen molar-refractivity contribution in [3.05, 3.63) is 143 Å². The van der Waals surface area contributed by atoms with Crippen molar-refractivity contribution in [1.82, 2.24) is 0 Å². The van der Waals surface area contributed by atoms with Gasteiger partial charge in [-0.1, -0.05) is 123 Å². The Balaban J connectivity index is 0.000000126. The molecule has 12 atom stereocenters. The number of allylic oxidation sites excluding steroid dienone is 2. The molecule has 14 rings (SSSR count). The number of benzene rings is 4. The zero-order chi connectivity index (χ0) is 41.7. The fraction of sp³-hybridized carbons (Fsp3) is 0.517. The topological polar surface area (TPSA) is 58.9 Å². The zero-order valence-electron chi connectivity index (χ0n) is 36.9. The summed E-state index contributed by atoms with van der Waals surface area (Å²) in [5, 5.41) is 26.3. The molecule has 4 saturated carbocycles. The van der Waals surface area contributed by atoms with Crippen molar-refractivity contribution < 1.29 is 19.7 Å². The van der Waals surface area contributed by atoms with Crippen molar-refractivity contribution in [2.45, 2.75) is 163 Å². The molecule has 4 heterocycles. The third kappa shape index (κ3) is 5.27. The minimum atomic E-state index is -0.207. The largest absolute Gasteiger partial charge is 0.393 e. The van der Waals surface area contributed by atoms with Crippen LogP contribution in [0.4, 0.5) is 0 Å². The molecule has 6 aliphatic carbocycles. The Morgan fingerprint density at radius 3 is 1.39 bits per heavy atom. The van der Waals surface area contributed by atoms with Gasteiger partial charge in [0.25, 0.3) is 0 Å². The minimum absolute atomic E-state index is 0.126. The van der Waals surface area contributed by atoms with Crippen molar-refractivity contribution in [3.8, 4) is 0 Å². The molecule has 4 nitrogen and oxygen atoms in total. The predicted molar refractivity (Wildman–Crippen MR) is 248 cm³/mol. The maximum absolute atomic E-state index is 10.5. The molecule has 1 unspecified atom stereocenters. The maximum atomic E-state index is 10.5. The van der Waals surface area contributed by atoms with Crippen molar-refractivity contribution in [2.75, 3.05) is 0 Å². The SMILES string of the molecule is C[C@]12CC=C3C=C4CC[C@@H](O)CC45CC[C@]3(O5)[C@@H]1CC[C@@H]2c1ccc2ccccc2c1.C[C@]12CC=C3C=C4CC[C@H](O)C[C@]45CC[C@]3(O5)[C@@H]1CC[C@@H]2c1ccc2ccccc2c1. The van der Waals surface area contributed by atoms with Crippen LogP contribution in [0.2, 0.25) is 0 Å². The Morgan fingerprint density at radius 1 is 0.500 bits per heavy atom. The Hall–Kier alpha value is -3.80. The molecule has 0 aromatic heterocycles. The second-order valence-corrected chi connectivity index (χ2v) is 22.4. The van der Waals surface area contributed by atoms with Gasteiger partial charge in [-0.2, -0.15) is 0 Å². The average molecular weight is 825 g/mol. The van der Waals surface area contributed by atoms with E-state index in [0.717, 1.165) is 77.0 Å². The first-order chi connectivity index (χ1) is 30.0. The molecular weight excluding hydrogens is 761 g/mol. The summed E-state index contributed by atoms with van der Waals surface area (Å²) in [6.45, 7) is 5.08. The molecule has 0 radical (unpaired) electrons. The lowest BCUT2D eigenvalue weighted by atomic mass is 9.58. The van der Waals surface area contributed by atoms with Gasteiger partial charge in [-0.25, -0.2) is 0 Å². The zero-order valence-corrected chi connectivity index (χ0v) is 36.9. The average Bonchev–Trinajstić information content (AvgIpc) is 4.01. The van der Waals surface area contributed by atoms with Crippen LogP contribution < -0.4 is 0 Å². The number of rotatable bonds is 2. The summed E-state index contributed by atoms with van der Waals surface area (Å²) >= 11 is 0. The van der Waals surface area contributed by atoms with Crippen LogP contribution in [0.15, 0.2) is 132 Å². The fourth-order valence-electron chi connectivity index (χ4n) is 16.7. The molecule has 2 N–H and O–H groups in total. The molecule has 4 aromatic carbocycles. The van der Waals surface area contributed by atoms with Crippen molar-refractivity contribution in [1.29, 1.82) is 0 Å². The van der Waals surface area contributed by atoms with Gasteiger partial charge in [0.2, 0.25) is 0 Å². The molecule has 6 fully saturated rings. The van der Waals surface area contributed by atoms with Gasteiger partial charge in [0.1, 0.15) is 0 Å². The third-order valence-electron chi connectivity index (χ3n) is 19.7. The van der Waals surface area contributed by atoms with Gasteiger partial charge in [-0.05, 0) is 179 Å². The first-order valence-corrected chi connectivity index (χ1v) is 24.6. The normalized spacial score (nSPS) is 43.1. The van der Waals surface area contributed by atoms with Gasteiger partial charge in [0, 0.05) is 12.8 Å². The van der Waals surface area contributed by atoms with E-state index < -0.39 is 0 Å². The second-order valence-electron chi connectivity index (χ2n) is 22.4. The number of aliphatic hydroxyl groups is 2. The molecular formula is C58H64O4. The lowest BCUT2D eigenvalue weighted by Crippen LogP contribution is -2.54. The predicted octanol–water partition coefficient (Wildman–Crippen LogP) is 12.9. The quantitative estimate of drug-likeness (QED) is 0.211. The van der Waals surface area contributed by atoms with Crippen molar-refractivity contribution in [3.63, 3.8) is 0 Å². The second kappa shape index (κ2) is 13.4. The molecule has 62 heavy (non-hydrogen) atoms. The first-order valence-electron chi connectivity index (χ1n) is 24.6. The molecule has 4 bridgehead atoms. The molecule has 4 spiro atoms. The van der Waals surface area contributed by atoms with Crippen LogP contribution >= 0.6 is 0 Å². The third-order valence-corrected chi connectivity index (χ3v) is 19.7. The van der Waals surface area contributed by atoms with E-state index in [0.29, 0.717) is 23.7 Å². The van der Waals surface area contributed by atoms with E-state index in [-0.39, 0.29) is 45.4 Å². The van der Waals surface area contributed by atoms with Crippen LogP contribution in [0.1, 0.15) is 140 Å². The summed E-state index contributed by atoms with van der Waals surface area (Å²) in [6, 6.07) is 31.7. The van der Waals surface area contributed by atoms with Gasteiger partial charge in [0.05, 0.1) is 34.6 Å².